The molecule has 1 atom stereocenters. The van der Waals surface area contributed by atoms with Gasteiger partial charge < -0.3 is 15.0 Å². The molecule has 2 aliphatic heterocycles. The summed E-state index contributed by atoms with van der Waals surface area (Å²) in [7, 11) is 0. The van der Waals surface area contributed by atoms with Crippen LogP contribution in [0.2, 0.25) is 0 Å². The predicted octanol–water partition coefficient (Wildman–Crippen LogP) is 1.81. The first-order valence-electron chi connectivity index (χ1n) is 11.5. The number of nitrogens with one attached hydrogen (secondary N) is 1. The van der Waals surface area contributed by atoms with Crippen molar-refractivity contribution in [2.75, 3.05) is 50.8 Å². The third kappa shape index (κ3) is 4.60. The standard InChI is InChI=1S/C23H33N5O2/c1-2-5-21-19-8-3-7-18(19)20(14-24)23(26-21)28-11-9-27(10-12-28)16-22(29)25-15-17-6-4-13-30-17/h17H,2-13,15-16H2,1H3,(H,25,29)/t17-/m1/s1. The van der Waals surface area contributed by atoms with Crippen molar-refractivity contribution in [1.29, 1.82) is 5.26 Å². The molecular formula is C23H33N5O2. The van der Waals surface area contributed by atoms with E-state index in [0.29, 0.717) is 13.1 Å². The number of rotatable bonds is 7. The number of amides is 1. The number of ether oxygens (including phenoxy) is 1. The maximum atomic E-state index is 12.3. The highest BCUT2D eigenvalue weighted by molar-refractivity contribution is 5.78. The molecule has 0 bridgehead atoms. The van der Waals surface area contributed by atoms with Crippen LogP contribution in [-0.4, -0.2) is 67.8 Å². The molecule has 1 aromatic heterocycles. The predicted molar refractivity (Wildman–Crippen MR) is 116 cm³/mol. The molecule has 4 rings (SSSR count). The van der Waals surface area contributed by atoms with Gasteiger partial charge in [-0.1, -0.05) is 13.3 Å². The number of hydrogen-bond acceptors (Lipinski definition) is 6. The summed E-state index contributed by atoms with van der Waals surface area (Å²) in [5.41, 5.74) is 4.54. The number of hydrogen-bond donors (Lipinski definition) is 1. The van der Waals surface area contributed by atoms with Gasteiger partial charge in [-0.15, -0.1) is 0 Å². The van der Waals surface area contributed by atoms with Gasteiger partial charge >= 0.3 is 0 Å². The zero-order chi connectivity index (χ0) is 20.9. The van der Waals surface area contributed by atoms with Crippen LogP contribution in [0.4, 0.5) is 5.82 Å². The smallest absolute Gasteiger partial charge is 0.234 e. The fraction of sp³-hybridized carbons (Fsp3) is 0.696. The molecule has 0 spiro atoms. The number of nitrogens with zero attached hydrogens (tertiary/aromatic N) is 4. The van der Waals surface area contributed by atoms with Crippen molar-refractivity contribution in [3.63, 3.8) is 0 Å². The molecule has 0 unspecified atom stereocenters. The topological polar surface area (TPSA) is 81.5 Å². The van der Waals surface area contributed by atoms with Crippen LogP contribution >= 0.6 is 0 Å². The minimum Gasteiger partial charge on any atom is -0.376 e. The maximum Gasteiger partial charge on any atom is 0.234 e. The van der Waals surface area contributed by atoms with Gasteiger partial charge in [0.1, 0.15) is 11.9 Å². The summed E-state index contributed by atoms with van der Waals surface area (Å²) in [4.78, 5) is 21.7. The van der Waals surface area contributed by atoms with E-state index in [1.54, 1.807) is 0 Å². The molecule has 0 radical (unpaired) electrons. The highest BCUT2D eigenvalue weighted by Crippen LogP contribution is 2.33. The van der Waals surface area contributed by atoms with Crippen LogP contribution in [0.25, 0.3) is 0 Å². The molecule has 1 amide bonds. The van der Waals surface area contributed by atoms with Crippen LogP contribution < -0.4 is 10.2 Å². The van der Waals surface area contributed by atoms with Crippen molar-refractivity contribution in [2.24, 2.45) is 0 Å². The molecule has 1 N–H and O–H groups in total. The number of aryl methyl sites for hydroxylation is 1. The fourth-order valence-corrected chi connectivity index (χ4v) is 4.92. The summed E-state index contributed by atoms with van der Waals surface area (Å²) >= 11 is 0. The zero-order valence-electron chi connectivity index (χ0n) is 18.1. The Labute approximate surface area is 179 Å². The second-order valence-corrected chi connectivity index (χ2v) is 8.63. The van der Waals surface area contributed by atoms with Crippen molar-refractivity contribution in [3.05, 3.63) is 22.4 Å². The van der Waals surface area contributed by atoms with E-state index >= 15 is 0 Å². The Bertz CT molecular complexity index is 805. The van der Waals surface area contributed by atoms with Gasteiger partial charge in [0.2, 0.25) is 5.91 Å². The lowest BCUT2D eigenvalue weighted by molar-refractivity contribution is -0.122. The average Bonchev–Trinajstić information content (AvgIpc) is 3.45. The van der Waals surface area contributed by atoms with Crippen LogP contribution in [0.3, 0.4) is 0 Å². The van der Waals surface area contributed by atoms with Crippen LogP contribution in [0.15, 0.2) is 0 Å². The largest absolute Gasteiger partial charge is 0.376 e. The van der Waals surface area contributed by atoms with E-state index in [1.807, 2.05) is 0 Å². The lowest BCUT2D eigenvalue weighted by Gasteiger charge is -2.36. The zero-order valence-corrected chi connectivity index (χ0v) is 18.1. The molecule has 2 fully saturated rings. The molecular weight excluding hydrogens is 378 g/mol. The minimum atomic E-state index is 0.0672. The highest BCUT2D eigenvalue weighted by Gasteiger charge is 2.28. The van der Waals surface area contributed by atoms with E-state index in [0.717, 1.165) is 89.1 Å². The minimum absolute atomic E-state index is 0.0672. The fourth-order valence-electron chi connectivity index (χ4n) is 4.92. The average molecular weight is 412 g/mol. The third-order valence-electron chi connectivity index (χ3n) is 6.52. The van der Waals surface area contributed by atoms with Crippen LogP contribution in [0, 0.1) is 11.3 Å². The van der Waals surface area contributed by atoms with Crippen molar-refractivity contribution in [2.45, 2.75) is 58.0 Å². The van der Waals surface area contributed by atoms with E-state index in [-0.39, 0.29) is 12.0 Å². The van der Waals surface area contributed by atoms with Gasteiger partial charge in [0, 0.05) is 45.0 Å². The number of pyridine rings is 1. The first kappa shape index (κ1) is 21.1. The summed E-state index contributed by atoms with van der Waals surface area (Å²) in [5, 5.41) is 12.9. The van der Waals surface area contributed by atoms with Gasteiger partial charge in [0.25, 0.3) is 0 Å². The van der Waals surface area contributed by atoms with Gasteiger partial charge in [0.05, 0.1) is 18.2 Å². The van der Waals surface area contributed by atoms with Crippen molar-refractivity contribution < 1.29 is 9.53 Å². The molecule has 1 aromatic rings. The maximum absolute atomic E-state index is 12.3. The SMILES string of the molecule is CCCc1nc(N2CCN(CC(=O)NC[C@H]3CCCO3)CC2)c(C#N)c2c1CCC2. The van der Waals surface area contributed by atoms with Gasteiger partial charge in [-0.05, 0) is 49.7 Å². The van der Waals surface area contributed by atoms with E-state index in [2.05, 4.69) is 28.1 Å². The Hall–Kier alpha value is -2.17. The molecule has 3 heterocycles. The molecule has 162 valence electrons. The molecule has 7 nitrogen and oxygen atoms in total. The highest BCUT2D eigenvalue weighted by atomic mass is 16.5. The number of fused-ring (bicyclic) bond motifs is 1. The van der Waals surface area contributed by atoms with Crippen LogP contribution in [-0.2, 0) is 28.8 Å². The quantitative estimate of drug-likeness (QED) is 0.737. The van der Waals surface area contributed by atoms with E-state index in [4.69, 9.17) is 9.72 Å². The number of carbonyl (C=O) groups is 1. The van der Waals surface area contributed by atoms with E-state index in [9.17, 15) is 10.1 Å². The Morgan fingerprint density at radius 3 is 2.73 bits per heavy atom. The number of carbonyl (C=O) groups excluding carboxylic acids is 1. The second kappa shape index (κ2) is 9.76. The first-order valence-corrected chi connectivity index (χ1v) is 11.5. The Kier molecular flexibility index (Phi) is 6.86. The third-order valence-corrected chi connectivity index (χ3v) is 6.52. The van der Waals surface area contributed by atoms with Crippen molar-refractivity contribution >= 4 is 11.7 Å². The summed E-state index contributed by atoms with van der Waals surface area (Å²) in [6, 6.07) is 2.46. The lowest BCUT2D eigenvalue weighted by Crippen LogP contribution is -2.50. The Balaban J connectivity index is 1.36. The second-order valence-electron chi connectivity index (χ2n) is 8.63. The summed E-state index contributed by atoms with van der Waals surface area (Å²) in [5.74, 6) is 0.932. The van der Waals surface area contributed by atoms with Crippen LogP contribution in [0.1, 0.15) is 55.0 Å². The number of piperazine rings is 1. The summed E-state index contributed by atoms with van der Waals surface area (Å²) in [6.45, 7) is 7.23. The van der Waals surface area contributed by atoms with Crippen LogP contribution in [0.5, 0.6) is 0 Å². The van der Waals surface area contributed by atoms with Gasteiger partial charge in [-0.3, -0.25) is 9.69 Å². The van der Waals surface area contributed by atoms with Gasteiger partial charge in [0.15, 0.2) is 0 Å². The number of nitriles is 1. The lowest BCUT2D eigenvalue weighted by atomic mass is 10.0. The molecule has 2 saturated heterocycles. The van der Waals surface area contributed by atoms with E-state index < -0.39 is 0 Å². The molecule has 30 heavy (non-hydrogen) atoms. The molecule has 1 aliphatic carbocycles. The van der Waals surface area contributed by atoms with Gasteiger partial charge in [-0.25, -0.2) is 4.98 Å². The number of anilines is 1. The summed E-state index contributed by atoms with van der Waals surface area (Å²) < 4.78 is 5.57. The molecule has 0 saturated carbocycles. The summed E-state index contributed by atoms with van der Waals surface area (Å²) in [6.07, 6.45) is 7.53. The molecule has 3 aliphatic rings. The first-order chi connectivity index (χ1) is 14.7. The monoisotopic (exact) mass is 411 g/mol. The Morgan fingerprint density at radius 2 is 2.03 bits per heavy atom. The molecule has 7 heteroatoms. The normalized spacial score (nSPS) is 21.5. The molecule has 0 aromatic carbocycles. The van der Waals surface area contributed by atoms with Crippen molar-refractivity contribution in [1.82, 2.24) is 15.2 Å². The van der Waals surface area contributed by atoms with Crippen molar-refractivity contribution in [3.8, 4) is 6.07 Å². The number of aromatic nitrogens is 1. The van der Waals surface area contributed by atoms with Gasteiger partial charge in [-0.2, -0.15) is 5.26 Å². The van der Waals surface area contributed by atoms with E-state index in [1.165, 1.54) is 16.8 Å². The Morgan fingerprint density at radius 1 is 1.23 bits per heavy atom.